The molecule has 3 heteroatoms. The summed E-state index contributed by atoms with van der Waals surface area (Å²) in [4.78, 5) is 0. The summed E-state index contributed by atoms with van der Waals surface area (Å²) in [5.74, 6) is 0.327. The van der Waals surface area contributed by atoms with Crippen LogP contribution in [-0.2, 0) is 4.43 Å². The van der Waals surface area contributed by atoms with Crippen LogP contribution in [0.1, 0.15) is 41.0 Å². The molecular weight excluding hydrogens is 204 g/mol. The first-order chi connectivity index (χ1) is 6.58. The van der Waals surface area contributed by atoms with E-state index in [1.54, 1.807) is 0 Å². The normalized spacial score (nSPS) is 15.8. The molecule has 2 nitrogen and oxygen atoms in total. The highest BCUT2D eigenvalue weighted by atomic mass is 28.4. The summed E-state index contributed by atoms with van der Waals surface area (Å²) in [5.41, 5.74) is 0. The van der Waals surface area contributed by atoms with Crippen molar-refractivity contribution in [2.24, 2.45) is 5.92 Å². The van der Waals surface area contributed by atoms with Crippen LogP contribution in [0.3, 0.4) is 0 Å². The summed E-state index contributed by atoms with van der Waals surface area (Å²) in [6.45, 7) is 16.0. The van der Waals surface area contributed by atoms with Gasteiger partial charge in [-0.3, -0.25) is 0 Å². The van der Waals surface area contributed by atoms with Crippen molar-refractivity contribution in [2.75, 3.05) is 6.61 Å². The van der Waals surface area contributed by atoms with E-state index in [1.165, 1.54) is 0 Å². The summed E-state index contributed by atoms with van der Waals surface area (Å²) in [5, 5.41) is 9.92. The molecule has 0 aliphatic heterocycles. The Hall–Kier alpha value is 0.137. The van der Waals surface area contributed by atoms with Crippen LogP contribution in [0.2, 0.25) is 18.1 Å². The molecule has 0 aliphatic carbocycles. The van der Waals surface area contributed by atoms with E-state index in [2.05, 4.69) is 33.9 Å². The Balaban J connectivity index is 3.96. The molecule has 0 unspecified atom stereocenters. The third-order valence-corrected chi connectivity index (χ3v) is 7.99. The standard InChI is InChI=1S/C12H28O2Si/c1-10(2)11(13)8-9-14-15(6,7)12(3,4)5/h10-11,13H,8-9H2,1-7H3/t11-/m0/s1. The highest BCUT2D eigenvalue weighted by molar-refractivity contribution is 6.74. The summed E-state index contributed by atoms with van der Waals surface area (Å²) in [6, 6.07) is 0. The summed E-state index contributed by atoms with van der Waals surface area (Å²) in [6.07, 6.45) is 0.527. The van der Waals surface area contributed by atoms with Crippen molar-refractivity contribution in [3.05, 3.63) is 0 Å². The van der Waals surface area contributed by atoms with Gasteiger partial charge >= 0.3 is 0 Å². The molecule has 0 saturated carbocycles. The van der Waals surface area contributed by atoms with Gasteiger partial charge in [0, 0.05) is 6.61 Å². The molecule has 0 fully saturated rings. The molecule has 1 N–H and O–H groups in total. The van der Waals surface area contributed by atoms with Crippen molar-refractivity contribution in [1.82, 2.24) is 0 Å². The number of rotatable bonds is 5. The van der Waals surface area contributed by atoms with E-state index in [4.69, 9.17) is 4.43 Å². The fourth-order valence-corrected chi connectivity index (χ4v) is 2.05. The van der Waals surface area contributed by atoms with Crippen LogP contribution in [0.5, 0.6) is 0 Å². The molecule has 0 rings (SSSR count). The van der Waals surface area contributed by atoms with E-state index in [0.29, 0.717) is 12.5 Å². The predicted molar refractivity (Wildman–Crippen MR) is 68.6 cm³/mol. The van der Waals surface area contributed by atoms with E-state index in [-0.39, 0.29) is 11.1 Å². The zero-order valence-corrected chi connectivity index (χ0v) is 12.4. The summed E-state index contributed by atoms with van der Waals surface area (Å²) < 4.78 is 5.99. The van der Waals surface area contributed by atoms with Gasteiger partial charge in [0.2, 0.25) is 0 Å². The molecule has 0 aromatic heterocycles. The van der Waals surface area contributed by atoms with Crippen molar-refractivity contribution < 1.29 is 9.53 Å². The summed E-state index contributed by atoms with van der Waals surface area (Å²) >= 11 is 0. The molecule has 15 heavy (non-hydrogen) atoms. The fourth-order valence-electron chi connectivity index (χ4n) is 0.985. The Morgan fingerprint density at radius 1 is 1.20 bits per heavy atom. The van der Waals surface area contributed by atoms with Crippen LogP contribution >= 0.6 is 0 Å². The third-order valence-electron chi connectivity index (χ3n) is 3.45. The third kappa shape index (κ3) is 5.14. The smallest absolute Gasteiger partial charge is 0.191 e. The molecule has 92 valence electrons. The molecule has 0 aromatic rings. The lowest BCUT2D eigenvalue weighted by Crippen LogP contribution is -2.41. The van der Waals surface area contributed by atoms with Crippen molar-refractivity contribution in [2.45, 2.75) is 65.3 Å². The predicted octanol–water partition coefficient (Wildman–Crippen LogP) is 3.42. The molecule has 0 aromatic carbocycles. The molecule has 0 bridgehead atoms. The Morgan fingerprint density at radius 2 is 1.67 bits per heavy atom. The van der Waals surface area contributed by atoms with Gasteiger partial charge in [-0.25, -0.2) is 0 Å². The second-order valence-electron chi connectivity index (χ2n) is 6.21. The van der Waals surface area contributed by atoms with Gasteiger partial charge in [-0.15, -0.1) is 0 Å². The van der Waals surface area contributed by atoms with Gasteiger partial charge in [0.05, 0.1) is 6.10 Å². The monoisotopic (exact) mass is 232 g/mol. The lowest BCUT2D eigenvalue weighted by Gasteiger charge is -2.36. The molecular formula is C12H28O2Si. The molecule has 0 radical (unpaired) electrons. The number of aliphatic hydroxyl groups is 1. The minimum atomic E-state index is -1.62. The van der Waals surface area contributed by atoms with Gasteiger partial charge in [-0.05, 0) is 30.5 Å². The first-order valence-corrected chi connectivity index (χ1v) is 8.81. The average Bonchev–Trinajstić information content (AvgIpc) is 2.01. The van der Waals surface area contributed by atoms with Gasteiger partial charge in [0.1, 0.15) is 0 Å². The maximum absolute atomic E-state index is 9.66. The number of hydrogen-bond acceptors (Lipinski definition) is 2. The topological polar surface area (TPSA) is 29.5 Å². The molecule has 0 spiro atoms. The van der Waals surface area contributed by atoms with Gasteiger partial charge in [0.15, 0.2) is 8.32 Å². The van der Waals surface area contributed by atoms with Crippen LogP contribution < -0.4 is 0 Å². The van der Waals surface area contributed by atoms with E-state index in [0.717, 1.165) is 6.42 Å². The Bertz CT molecular complexity index is 183. The van der Waals surface area contributed by atoms with Gasteiger partial charge in [-0.1, -0.05) is 34.6 Å². The van der Waals surface area contributed by atoms with Crippen molar-refractivity contribution >= 4 is 8.32 Å². The Labute approximate surface area is 96.2 Å². The van der Waals surface area contributed by atoms with E-state index in [9.17, 15) is 5.11 Å². The lowest BCUT2D eigenvalue weighted by molar-refractivity contribution is 0.0949. The van der Waals surface area contributed by atoms with Crippen molar-refractivity contribution in [3.63, 3.8) is 0 Å². The van der Waals surface area contributed by atoms with E-state index < -0.39 is 8.32 Å². The maximum atomic E-state index is 9.66. The van der Waals surface area contributed by atoms with Gasteiger partial charge < -0.3 is 9.53 Å². The number of aliphatic hydroxyl groups excluding tert-OH is 1. The van der Waals surface area contributed by atoms with Gasteiger partial charge in [0.25, 0.3) is 0 Å². The van der Waals surface area contributed by atoms with Crippen LogP contribution in [-0.4, -0.2) is 26.1 Å². The van der Waals surface area contributed by atoms with E-state index >= 15 is 0 Å². The average molecular weight is 232 g/mol. The van der Waals surface area contributed by atoms with Crippen LogP contribution in [0.4, 0.5) is 0 Å². The quantitative estimate of drug-likeness (QED) is 0.736. The maximum Gasteiger partial charge on any atom is 0.191 e. The summed E-state index contributed by atoms with van der Waals surface area (Å²) in [7, 11) is -1.62. The SMILES string of the molecule is CC(C)[C@@H](O)CCO[Si](C)(C)C(C)(C)C. The molecule has 0 aliphatic rings. The Kier molecular flexibility index (Phi) is 5.51. The first kappa shape index (κ1) is 15.1. The first-order valence-electron chi connectivity index (χ1n) is 5.90. The van der Waals surface area contributed by atoms with Crippen LogP contribution in [0, 0.1) is 5.92 Å². The van der Waals surface area contributed by atoms with Gasteiger partial charge in [-0.2, -0.15) is 0 Å². The zero-order valence-electron chi connectivity index (χ0n) is 11.4. The largest absolute Gasteiger partial charge is 0.417 e. The minimum Gasteiger partial charge on any atom is -0.417 e. The lowest BCUT2D eigenvalue weighted by atomic mass is 10.1. The van der Waals surface area contributed by atoms with E-state index in [1.807, 2.05) is 13.8 Å². The molecule has 0 saturated heterocycles. The molecule has 0 heterocycles. The zero-order chi connectivity index (χ0) is 12.3. The van der Waals surface area contributed by atoms with Crippen molar-refractivity contribution in [3.8, 4) is 0 Å². The highest BCUT2D eigenvalue weighted by Gasteiger charge is 2.36. The van der Waals surface area contributed by atoms with Crippen molar-refractivity contribution in [1.29, 1.82) is 0 Å². The minimum absolute atomic E-state index is 0.227. The fraction of sp³-hybridized carbons (Fsp3) is 1.00. The highest BCUT2D eigenvalue weighted by Crippen LogP contribution is 2.36. The van der Waals surface area contributed by atoms with Crippen LogP contribution in [0.15, 0.2) is 0 Å². The Morgan fingerprint density at radius 3 is 2.00 bits per heavy atom. The van der Waals surface area contributed by atoms with Crippen LogP contribution in [0.25, 0.3) is 0 Å². The second-order valence-corrected chi connectivity index (χ2v) is 11.0. The molecule has 0 amide bonds. The number of hydrogen-bond donors (Lipinski definition) is 1. The second kappa shape index (κ2) is 5.46. The molecule has 1 atom stereocenters.